The fourth-order valence-corrected chi connectivity index (χ4v) is 4.17. The van der Waals surface area contributed by atoms with Gasteiger partial charge in [0.05, 0.1) is 0 Å². The van der Waals surface area contributed by atoms with E-state index in [9.17, 15) is 22.8 Å². The number of hydrogen-bond acceptors (Lipinski definition) is 5. The Hall–Kier alpha value is -2.29. The molecule has 1 fully saturated rings. The third kappa shape index (κ3) is 5.87. The molecule has 1 atom stereocenters. The molecule has 1 aliphatic heterocycles. The first kappa shape index (κ1) is 22.4. The molecule has 1 aromatic carbocycles. The van der Waals surface area contributed by atoms with Gasteiger partial charge in [-0.15, -0.1) is 0 Å². The zero-order valence-corrected chi connectivity index (χ0v) is 17.6. The first-order valence-corrected chi connectivity index (χ1v) is 10.7. The van der Waals surface area contributed by atoms with Gasteiger partial charge in [0.1, 0.15) is 5.69 Å². The molecule has 1 aromatic heterocycles. The van der Waals surface area contributed by atoms with Gasteiger partial charge < -0.3 is 4.90 Å². The van der Waals surface area contributed by atoms with Crippen molar-refractivity contribution in [2.24, 2.45) is 5.92 Å². The summed E-state index contributed by atoms with van der Waals surface area (Å²) < 4.78 is 37.6. The summed E-state index contributed by atoms with van der Waals surface area (Å²) in [5, 5.41) is 0. The van der Waals surface area contributed by atoms with Crippen molar-refractivity contribution in [1.29, 1.82) is 0 Å². The van der Waals surface area contributed by atoms with Crippen LogP contribution in [0, 0.1) is 5.92 Å². The molecule has 30 heavy (non-hydrogen) atoms. The summed E-state index contributed by atoms with van der Waals surface area (Å²) in [6.45, 7) is 5.49. The first-order chi connectivity index (χ1) is 14.1. The maximum Gasteiger partial charge on any atom is 0.446 e. The third-order valence-corrected chi connectivity index (χ3v) is 5.91. The van der Waals surface area contributed by atoms with Gasteiger partial charge in [0.15, 0.2) is 5.78 Å². The van der Waals surface area contributed by atoms with Crippen molar-refractivity contribution in [3.63, 3.8) is 0 Å². The molecule has 1 saturated heterocycles. The molecule has 9 heteroatoms. The minimum Gasteiger partial charge on any atom is -0.342 e. The quantitative estimate of drug-likeness (QED) is 0.486. The molecule has 0 saturated carbocycles. The van der Waals surface area contributed by atoms with Gasteiger partial charge >= 0.3 is 5.51 Å². The molecule has 0 bridgehead atoms. The van der Waals surface area contributed by atoms with E-state index in [1.54, 1.807) is 12.1 Å². The van der Waals surface area contributed by atoms with Crippen molar-refractivity contribution < 1.29 is 18.0 Å². The van der Waals surface area contributed by atoms with E-state index in [4.69, 9.17) is 0 Å². The van der Waals surface area contributed by atoms with Crippen LogP contribution in [-0.4, -0.2) is 34.3 Å². The number of halogens is 3. The van der Waals surface area contributed by atoms with E-state index >= 15 is 0 Å². The van der Waals surface area contributed by atoms with Crippen LogP contribution in [0.1, 0.15) is 55.1 Å². The van der Waals surface area contributed by atoms with Crippen LogP contribution in [0.25, 0.3) is 0 Å². The Morgan fingerprint density at radius 2 is 1.83 bits per heavy atom. The van der Waals surface area contributed by atoms with Crippen molar-refractivity contribution in [2.75, 3.05) is 18.0 Å². The molecule has 0 unspecified atom stereocenters. The van der Waals surface area contributed by atoms with E-state index in [0.29, 0.717) is 5.95 Å². The van der Waals surface area contributed by atoms with E-state index in [0.717, 1.165) is 31.5 Å². The number of hydrogen-bond donors (Lipinski definition) is 1. The minimum absolute atomic E-state index is 0.0788. The number of nitrogens with one attached hydrogen (secondary N) is 1. The van der Waals surface area contributed by atoms with E-state index in [1.165, 1.54) is 18.2 Å². The lowest BCUT2D eigenvalue weighted by Crippen LogP contribution is -2.25. The average Bonchev–Trinajstić information content (AvgIpc) is 3.19. The van der Waals surface area contributed by atoms with Crippen LogP contribution in [0.3, 0.4) is 0 Å². The van der Waals surface area contributed by atoms with Gasteiger partial charge in [0.2, 0.25) is 5.95 Å². The summed E-state index contributed by atoms with van der Waals surface area (Å²) in [4.78, 5) is 34.1. The van der Waals surface area contributed by atoms with Crippen LogP contribution < -0.4 is 10.5 Å². The summed E-state index contributed by atoms with van der Waals surface area (Å²) in [5.41, 5.74) is -3.80. The molecule has 3 rings (SSSR count). The summed E-state index contributed by atoms with van der Waals surface area (Å²) in [5.74, 6) is 0.0424. The van der Waals surface area contributed by atoms with E-state index < -0.39 is 5.51 Å². The fourth-order valence-electron chi connectivity index (χ4n) is 3.63. The van der Waals surface area contributed by atoms with Gasteiger partial charge in [-0.2, -0.15) is 13.2 Å². The lowest BCUT2D eigenvalue weighted by molar-refractivity contribution is -0.0328. The summed E-state index contributed by atoms with van der Waals surface area (Å²) in [6, 6.07) is 7.32. The van der Waals surface area contributed by atoms with Crippen molar-refractivity contribution in [1.82, 2.24) is 9.97 Å². The van der Waals surface area contributed by atoms with Crippen molar-refractivity contribution in [3.05, 3.63) is 51.9 Å². The Balaban J connectivity index is 1.78. The molecule has 0 radical (unpaired) electrons. The number of carbonyl (C=O) groups excluding carboxylic acids is 1. The van der Waals surface area contributed by atoms with Gasteiger partial charge in [-0.3, -0.25) is 14.6 Å². The molecule has 0 spiro atoms. The second kappa shape index (κ2) is 9.24. The summed E-state index contributed by atoms with van der Waals surface area (Å²) in [7, 11) is 0. The molecule has 1 N–H and O–H groups in total. The van der Waals surface area contributed by atoms with Crippen molar-refractivity contribution in [2.45, 2.75) is 49.4 Å². The minimum atomic E-state index is -4.34. The number of carbonyl (C=O) groups is 1. The van der Waals surface area contributed by atoms with E-state index in [-0.39, 0.29) is 52.0 Å². The number of benzene rings is 1. The summed E-state index contributed by atoms with van der Waals surface area (Å²) >= 11 is -0.164. The number of nitrogens with zero attached hydrogens (tertiary/aromatic N) is 2. The molecule has 0 amide bonds. The standard InChI is InChI=1S/C21H24F3N3O2S/c1-13(2)16(14-5-7-15(8-6-14)30-21(22,23)24)11-18(28)17-12-19(29)26-20(25-17)27-9-3-4-10-27/h5-8,12-13,16H,3-4,9-11H2,1-2H3,(H,25,26,29)/t16-/m1/s1. The second-order valence-electron chi connectivity index (χ2n) is 7.74. The Morgan fingerprint density at radius 3 is 2.40 bits per heavy atom. The van der Waals surface area contributed by atoms with Crippen LogP contribution in [0.2, 0.25) is 0 Å². The van der Waals surface area contributed by atoms with Crippen LogP contribution in [0.5, 0.6) is 0 Å². The Kier molecular flexibility index (Phi) is 6.90. The lowest BCUT2D eigenvalue weighted by atomic mass is 9.84. The Bertz CT molecular complexity index is 936. The molecule has 0 aliphatic carbocycles. The predicted octanol–water partition coefficient (Wildman–Crippen LogP) is 4.99. The smallest absolute Gasteiger partial charge is 0.342 e. The Morgan fingerprint density at radius 1 is 1.20 bits per heavy atom. The predicted molar refractivity (Wildman–Crippen MR) is 111 cm³/mol. The normalized spacial score (nSPS) is 15.6. The number of aromatic nitrogens is 2. The van der Waals surface area contributed by atoms with Gasteiger partial charge in [-0.1, -0.05) is 26.0 Å². The maximum absolute atomic E-state index is 12.9. The third-order valence-electron chi connectivity index (χ3n) is 5.17. The SMILES string of the molecule is CC(C)[C@@H](CC(=O)c1cc(=O)[nH]c(N2CCCC2)n1)c1ccc(SC(F)(F)F)cc1. The molecule has 162 valence electrons. The fraction of sp³-hybridized carbons (Fsp3) is 0.476. The zero-order valence-electron chi connectivity index (χ0n) is 16.8. The maximum atomic E-state index is 12.9. The number of H-pyrrole nitrogens is 1. The zero-order chi connectivity index (χ0) is 21.9. The molecular weight excluding hydrogens is 415 g/mol. The molecule has 1 aliphatic rings. The van der Waals surface area contributed by atoms with Crippen LogP contribution >= 0.6 is 11.8 Å². The number of thioether (sulfide) groups is 1. The highest BCUT2D eigenvalue weighted by atomic mass is 32.2. The number of aromatic amines is 1. The largest absolute Gasteiger partial charge is 0.446 e. The van der Waals surface area contributed by atoms with Crippen molar-refractivity contribution >= 4 is 23.5 Å². The average molecular weight is 440 g/mol. The number of anilines is 1. The highest BCUT2D eigenvalue weighted by molar-refractivity contribution is 8.00. The molecule has 5 nitrogen and oxygen atoms in total. The number of rotatable bonds is 7. The molecular formula is C21H24F3N3O2S. The monoisotopic (exact) mass is 439 g/mol. The number of ketones is 1. The molecule has 2 heterocycles. The number of alkyl halides is 3. The van der Waals surface area contributed by atoms with Crippen LogP contribution in [-0.2, 0) is 0 Å². The second-order valence-corrected chi connectivity index (χ2v) is 8.88. The van der Waals surface area contributed by atoms with E-state index in [1.807, 2.05) is 18.7 Å². The van der Waals surface area contributed by atoms with Gasteiger partial charge in [0.25, 0.3) is 5.56 Å². The molecule has 2 aromatic rings. The first-order valence-electron chi connectivity index (χ1n) is 9.87. The van der Waals surface area contributed by atoms with Crippen molar-refractivity contribution in [3.8, 4) is 0 Å². The Labute approximate surface area is 177 Å². The van der Waals surface area contributed by atoms with Crippen LogP contribution in [0.15, 0.2) is 40.0 Å². The summed E-state index contributed by atoms with van der Waals surface area (Å²) in [6.07, 6.45) is 2.15. The van der Waals surface area contributed by atoms with Crippen LogP contribution in [0.4, 0.5) is 19.1 Å². The van der Waals surface area contributed by atoms with Gasteiger partial charge in [0, 0.05) is 30.5 Å². The topological polar surface area (TPSA) is 66.1 Å². The highest BCUT2D eigenvalue weighted by Crippen LogP contribution is 2.38. The number of Topliss-reactive ketones (excluding diaryl/α,β-unsaturated/α-hetero) is 1. The lowest BCUT2D eigenvalue weighted by Gasteiger charge is -2.21. The highest BCUT2D eigenvalue weighted by Gasteiger charge is 2.29. The van der Waals surface area contributed by atoms with Gasteiger partial charge in [-0.05, 0) is 54.1 Å². The van der Waals surface area contributed by atoms with Gasteiger partial charge in [-0.25, -0.2) is 4.98 Å². The van der Waals surface area contributed by atoms with E-state index in [2.05, 4.69) is 9.97 Å².